The van der Waals surface area contributed by atoms with Gasteiger partial charge in [0.05, 0.1) is 0 Å². The number of rotatable bonds is 6. The van der Waals surface area contributed by atoms with Gasteiger partial charge in [-0.25, -0.2) is 0 Å². The van der Waals surface area contributed by atoms with Crippen LogP contribution < -0.4 is 5.32 Å². The number of hydrogen-bond donors (Lipinski definition) is 1. The molecular weight excluding hydrogens is 226 g/mol. The second-order valence-electron chi connectivity index (χ2n) is 4.43. The molecule has 0 saturated heterocycles. The lowest BCUT2D eigenvalue weighted by Gasteiger charge is -2.30. The van der Waals surface area contributed by atoms with Gasteiger partial charge in [-0.15, -0.1) is 11.6 Å². The van der Waals surface area contributed by atoms with E-state index in [1.807, 2.05) is 6.92 Å². The van der Waals surface area contributed by atoms with Crippen LogP contribution in [0.25, 0.3) is 0 Å². The first-order valence-corrected chi connectivity index (χ1v) is 6.74. The van der Waals surface area contributed by atoms with E-state index in [0.717, 1.165) is 19.3 Å². The Bertz CT molecular complexity index is 211. The van der Waals surface area contributed by atoms with Crippen LogP contribution in [0.5, 0.6) is 0 Å². The summed E-state index contributed by atoms with van der Waals surface area (Å²) in [7, 11) is 0. The van der Waals surface area contributed by atoms with E-state index in [2.05, 4.69) is 5.32 Å². The van der Waals surface area contributed by atoms with Crippen molar-refractivity contribution in [2.45, 2.75) is 45.1 Å². The topological polar surface area (TPSA) is 38.3 Å². The van der Waals surface area contributed by atoms with Gasteiger partial charge in [-0.2, -0.15) is 0 Å². The van der Waals surface area contributed by atoms with E-state index in [9.17, 15) is 4.79 Å². The molecule has 0 aromatic carbocycles. The smallest absolute Gasteiger partial charge is 0.246 e. The maximum atomic E-state index is 11.6. The molecule has 16 heavy (non-hydrogen) atoms. The highest BCUT2D eigenvalue weighted by molar-refractivity contribution is 6.18. The van der Waals surface area contributed by atoms with Gasteiger partial charge in [0, 0.05) is 18.5 Å². The van der Waals surface area contributed by atoms with E-state index in [-0.39, 0.29) is 18.6 Å². The van der Waals surface area contributed by atoms with Gasteiger partial charge in [-0.3, -0.25) is 4.79 Å². The molecule has 0 radical (unpaired) electrons. The Kier molecular flexibility index (Phi) is 6.81. The summed E-state index contributed by atoms with van der Waals surface area (Å²) in [6.07, 6.45) is 5.55. The molecule has 0 spiro atoms. The zero-order chi connectivity index (χ0) is 11.8. The first kappa shape index (κ1) is 13.8. The summed E-state index contributed by atoms with van der Waals surface area (Å²) in [6, 6.07) is 0.254. The van der Waals surface area contributed by atoms with Crippen LogP contribution in [0.15, 0.2) is 0 Å². The zero-order valence-corrected chi connectivity index (χ0v) is 10.8. The molecule has 1 rings (SSSR count). The molecule has 0 heterocycles. The molecule has 0 aliphatic heterocycles. The van der Waals surface area contributed by atoms with Crippen LogP contribution in [0.2, 0.25) is 0 Å². The zero-order valence-electron chi connectivity index (χ0n) is 10.0. The molecule has 4 heteroatoms. The van der Waals surface area contributed by atoms with E-state index in [1.54, 1.807) is 0 Å². The number of carbonyl (C=O) groups excluding carboxylic acids is 1. The van der Waals surface area contributed by atoms with Crippen LogP contribution in [0.3, 0.4) is 0 Å². The summed E-state index contributed by atoms with van der Waals surface area (Å²) in [5, 5.41) is 3.03. The Balaban J connectivity index is 2.25. The van der Waals surface area contributed by atoms with Crippen molar-refractivity contribution in [3.8, 4) is 0 Å². The summed E-state index contributed by atoms with van der Waals surface area (Å²) < 4.78 is 5.21. The second kappa shape index (κ2) is 7.91. The van der Waals surface area contributed by atoms with Gasteiger partial charge >= 0.3 is 0 Å². The maximum Gasteiger partial charge on any atom is 0.246 e. The molecule has 0 aromatic heterocycles. The molecule has 1 amide bonds. The predicted octanol–water partition coefficient (Wildman–Crippen LogP) is 2.33. The average Bonchev–Trinajstić information content (AvgIpc) is 2.30. The Morgan fingerprint density at radius 1 is 1.44 bits per heavy atom. The number of ether oxygens (including phenoxy) is 1. The third-order valence-electron chi connectivity index (χ3n) is 3.04. The summed E-state index contributed by atoms with van der Waals surface area (Å²) in [6.45, 7) is 2.86. The van der Waals surface area contributed by atoms with Crippen LogP contribution in [-0.2, 0) is 9.53 Å². The molecule has 1 fully saturated rings. The largest absolute Gasteiger partial charge is 0.372 e. The van der Waals surface area contributed by atoms with Gasteiger partial charge in [-0.1, -0.05) is 19.8 Å². The quantitative estimate of drug-likeness (QED) is 0.578. The molecule has 1 aliphatic carbocycles. The normalized spacial score (nSPS) is 25.4. The summed E-state index contributed by atoms with van der Waals surface area (Å²) in [4.78, 5) is 11.6. The van der Waals surface area contributed by atoms with E-state index in [0.29, 0.717) is 18.4 Å². The van der Waals surface area contributed by atoms with Crippen LogP contribution in [0.1, 0.15) is 39.0 Å². The monoisotopic (exact) mass is 247 g/mol. The molecular formula is C12H22ClNO2. The lowest BCUT2D eigenvalue weighted by atomic mass is 9.86. The molecule has 0 bridgehead atoms. The van der Waals surface area contributed by atoms with Gasteiger partial charge in [0.15, 0.2) is 0 Å². The number of carbonyl (C=O) groups is 1. The highest BCUT2D eigenvalue weighted by Crippen LogP contribution is 2.25. The predicted molar refractivity (Wildman–Crippen MR) is 65.7 cm³/mol. The van der Waals surface area contributed by atoms with Crippen molar-refractivity contribution >= 4 is 17.5 Å². The Hall–Kier alpha value is -0.280. The molecule has 1 saturated carbocycles. The van der Waals surface area contributed by atoms with Gasteiger partial charge < -0.3 is 10.1 Å². The number of alkyl halides is 1. The minimum Gasteiger partial charge on any atom is -0.372 e. The van der Waals surface area contributed by atoms with Crippen molar-refractivity contribution in [1.82, 2.24) is 5.32 Å². The number of hydrogen-bond acceptors (Lipinski definition) is 2. The Morgan fingerprint density at radius 2 is 2.19 bits per heavy atom. The van der Waals surface area contributed by atoms with Gasteiger partial charge in [0.25, 0.3) is 0 Å². The summed E-state index contributed by atoms with van der Waals surface area (Å²) in [5.41, 5.74) is 0. The number of nitrogens with one attached hydrogen (secondary N) is 1. The number of halogens is 1. The van der Waals surface area contributed by atoms with E-state index in [1.165, 1.54) is 12.8 Å². The van der Waals surface area contributed by atoms with Gasteiger partial charge in [-0.05, 0) is 25.2 Å². The van der Waals surface area contributed by atoms with Crippen LogP contribution >= 0.6 is 11.6 Å². The molecule has 1 aliphatic rings. The molecule has 0 aromatic rings. The molecule has 2 atom stereocenters. The van der Waals surface area contributed by atoms with E-state index < -0.39 is 0 Å². The third-order valence-corrected chi connectivity index (χ3v) is 3.43. The van der Waals surface area contributed by atoms with Crippen molar-refractivity contribution < 1.29 is 9.53 Å². The SMILES string of the molecule is CCCOCC(=O)NC1CCCCC1CCl. The second-order valence-corrected chi connectivity index (χ2v) is 4.73. The maximum absolute atomic E-state index is 11.6. The summed E-state index contributed by atoms with van der Waals surface area (Å²) in [5.74, 6) is 1.07. The van der Waals surface area contributed by atoms with Crippen molar-refractivity contribution in [3.05, 3.63) is 0 Å². The standard InChI is InChI=1S/C12H22ClNO2/c1-2-7-16-9-12(15)14-11-6-4-3-5-10(11)8-13/h10-11H,2-9H2,1H3,(H,14,15). The van der Waals surface area contributed by atoms with E-state index in [4.69, 9.17) is 16.3 Å². The molecule has 94 valence electrons. The fourth-order valence-corrected chi connectivity index (χ4v) is 2.51. The van der Waals surface area contributed by atoms with Crippen molar-refractivity contribution in [2.24, 2.45) is 5.92 Å². The van der Waals surface area contributed by atoms with E-state index >= 15 is 0 Å². The van der Waals surface area contributed by atoms with Crippen molar-refractivity contribution in [2.75, 3.05) is 19.1 Å². The third kappa shape index (κ3) is 4.71. The lowest BCUT2D eigenvalue weighted by molar-refractivity contribution is -0.127. The first-order valence-electron chi connectivity index (χ1n) is 6.21. The molecule has 2 unspecified atom stereocenters. The molecule has 3 nitrogen and oxygen atoms in total. The lowest BCUT2D eigenvalue weighted by Crippen LogP contribution is -2.44. The van der Waals surface area contributed by atoms with Crippen molar-refractivity contribution in [3.63, 3.8) is 0 Å². The van der Waals surface area contributed by atoms with Gasteiger partial charge in [0.2, 0.25) is 5.91 Å². The highest BCUT2D eigenvalue weighted by atomic mass is 35.5. The van der Waals surface area contributed by atoms with Crippen LogP contribution in [0.4, 0.5) is 0 Å². The first-order chi connectivity index (χ1) is 7.77. The fraction of sp³-hybridized carbons (Fsp3) is 0.917. The average molecular weight is 248 g/mol. The fourth-order valence-electron chi connectivity index (χ4n) is 2.14. The minimum atomic E-state index is -0.00420. The van der Waals surface area contributed by atoms with Crippen molar-refractivity contribution in [1.29, 1.82) is 0 Å². The summed E-state index contributed by atoms with van der Waals surface area (Å²) >= 11 is 5.90. The van der Waals surface area contributed by atoms with Crippen LogP contribution in [0, 0.1) is 5.92 Å². The number of amides is 1. The molecule has 1 N–H and O–H groups in total. The Labute approximate surface area is 103 Å². The van der Waals surface area contributed by atoms with Gasteiger partial charge in [0.1, 0.15) is 6.61 Å². The van der Waals surface area contributed by atoms with Crippen LogP contribution in [-0.4, -0.2) is 31.0 Å². The Morgan fingerprint density at radius 3 is 2.88 bits per heavy atom. The highest BCUT2D eigenvalue weighted by Gasteiger charge is 2.25. The minimum absolute atomic E-state index is 0.00420.